The van der Waals surface area contributed by atoms with Gasteiger partial charge >= 0.3 is 0 Å². The summed E-state index contributed by atoms with van der Waals surface area (Å²) in [5, 5.41) is 23.2. The van der Waals surface area contributed by atoms with Crippen molar-refractivity contribution in [3.63, 3.8) is 0 Å². The largest absolute Gasteiger partial charge is 0.287 e. The topological polar surface area (TPSA) is 103 Å². The summed E-state index contributed by atoms with van der Waals surface area (Å²) in [5.74, 6) is 5.47. The van der Waals surface area contributed by atoms with E-state index in [1.807, 2.05) is 6.07 Å². The molecule has 30 heavy (non-hydrogen) atoms. The summed E-state index contributed by atoms with van der Waals surface area (Å²) in [6.45, 7) is 1.43. The van der Waals surface area contributed by atoms with Crippen molar-refractivity contribution < 1.29 is 14.6 Å². The maximum Gasteiger partial charge on any atom is 0.286 e. The van der Waals surface area contributed by atoms with Crippen LogP contribution in [0, 0.1) is 32.1 Å². The van der Waals surface area contributed by atoms with Crippen LogP contribution in [0.2, 0.25) is 0 Å². The molecule has 0 saturated heterocycles. The van der Waals surface area contributed by atoms with E-state index in [2.05, 4.69) is 11.8 Å². The van der Waals surface area contributed by atoms with Crippen molar-refractivity contribution in [1.82, 2.24) is 0 Å². The minimum Gasteiger partial charge on any atom is -0.287 e. The molecule has 0 fully saturated rings. The molecular formula is C22H14N2O5S. The molecule has 148 valence electrons. The van der Waals surface area contributed by atoms with Crippen molar-refractivity contribution in [1.29, 1.82) is 0 Å². The molecule has 0 N–H and O–H groups in total. The van der Waals surface area contributed by atoms with Gasteiger partial charge in [0.2, 0.25) is 0 Å². The third kappa shape index (κ3) is 4.90. The number of nitrogens with zero attached hydrogens (tertiary/aromatic N) is 2. The molecule has 0 saturated carbocycles. The maximum atomic E-state index is 11.7. The third-order valence-electron chi connectivity index (χ3n) is 4.05. The molecule has 0 heterocycles. The Bertz CT molecular complexity index is 1200. The van der Waals surface area contributed by atoms with Gasteiger partial charge in [-0.05, 0) is 29.8 Å². The van der Waals surface area contributed by atoms with Gasteiger partial charge in [0.15, 0.2) is 5.12 Å². The Morgan fingerprint density at radius 2 is 1.50 bits per heavy atom. The first-order valence-electron chi connectivity index (χ1n) is 8.68. The van der Waals surface area contributed by atoms with Crippen molar-refractivity contribution in [3.05, 3.63) is 98.1 Å². The van der Waals surface area contributed by atoms with Gasteiger partial charge in [0.25, 0.3) is 11.4 Å². The molecule has 3 rings (SSSR count). The van der Waals surface area contributed by atoms with E-state index < -0.39 is 9.85 Å². The molecular weight excluding hydrogens is 404 g/mol. The fourth-order valence-electron chi connectivity index (χ4n) is 2.74. The van der Waals surface area contributed by atoms with Gasteiger partial charge in [-0.15, -0.1) is 0 Å². The second kappa shape index (κ2) is 9.03. The van der Waals surface area contributed by atoms with Crippen LogP contribution in [0.1, 0.15) is 18.1 Å². The predicted octanol–water partition coefficient (Wildman–Crippen LogP) is 5.21. The van der Waals surface area contributed by atoms with E-state index >= 15 is 0 Å². The van der Waals surface area contributed by atoms with Crippen molar-refractivity contribution in [2.75, 3.05) is 0 Å². The standard InChI is InChI=1S/C22H14N2O5S/c1-15(25)30-19-11-9-17(10-12-19)20-14-21(23(26)27)18(13-22(20)24(28)29)8-7-16-5-3-2-4-6-16/h2-6,9-14H,1H3. The van der Waals surface area contributed by atoms with Gasteiger partial charge < -0.3 is 0 Å². The molecule has 0 aromatic heterocycles. The first kappa shape index (κ1) is 20.8. The lowest BCUT2D eigenvalue weighted by molar-refractivity contribution is -0.388. The molecule has 8 heteroatoms. The molecule has 7 nitrogen and oxygen atoms in total. The minimum absolute atomic E-state index is 0.0388. The highest BCUT2D eigenvalue weighted by Gasteiger charge is 2.24. The van der Waals surface area contributed by atoms with Crippen LogP contribution < -0.4 is 0 Å². The predicted molar refractivity (Wildman–Crippen MR) is 114 cm³/mol. The van der Waals surface area contributed by atoms with Crippen LogP contribution in [0.5, 0.6) is 0 Å². The molecule has 3 aromatic rings. The number of nitro groups is 2. The van der Waals surface area contributed by atoms with Crippen LogP contribution in [0.4, 0.5) is 11.4 Å². The van der Waals surface area contributed by atoms with Gasteiger partial charge in [-0.2, -0.15) is 0 Å². The summed E-state index contributed by atoms with van der Waals surface area (Å²) in [5.41, 5.74) is 0.530. The number of carbonyl (C=O) groups excluding carboxylic acids is 1. The molecule has 0 amide bonds. The molecule has 0 aliphatic rings. The quantitative estimate of drug-likeness (QED) is 0.249. The number of carbonyl (C=O) groups is 1. The highest BCUT2D eigenvalue weighted by atomic mass is 32.2. The molecule has 3 aromatic carbocycles. The number of hydrogen-bond acceptors (Lipinski definition) is 6. The number of rotatable bonds is 4. The summed E-state index contributed by atoms with van der Waals surface area (Å²) in [6, 6.07) is 17.6. The normalized spacial score (nSPS) is 10.0. The molecule has 0 unspecified atom stereocenters. The molecule has 0 radical (unpaired) electrons. The van der Waals surface area contributed by atoms with Gasteiger partial charge in [0, 0.05) is 29.5 Å². The highest BCUT2D eigenvalue weighted by Crippen LogP contribution is 2.36. The summed E-state index contributed by atoms with van der Waals surface area (Å²) in [6.07, 6.45) is 0. The Morgan fingerprint density at radius 1 is 0.867 bits per heavy atom. The van der Waals surface area contributed by atoms with Gasteiger partial charge in [-0.25, -0.2) is 0 Å². The van der Waals surface area contributed by atoms with Gasteiger partial charge in [0.05, 0.1) is 15.4 Å². The monoisotopic (exact) mass is 418 g/mol. The van der Waals surface area contributed by atoms with Gasteiger partial charge in [0.1, 0.15) is 5.56 Å². The number of thioether (sulfide) groups is 1. The first-order chi connectivity index (χ1) is 14.3. The van der Waals surface area contributed by atoms with E-state index in [0.29, 0.717) is 16.0 Å². The van der Waals surface area contributed by atoms with Crippen LogP contribution in [-0.2, 0) is 4.79 Å². The SMILES string of the molecule is CC(=O)Sc1ccc(-c2cc([N+](=O)[O-])c(C#Cc3ccccc3)cc2[N+](=O)[O-])cc1. The summed E-state index contributed by atoms with van der Waals surface area (Å²) in [4.78, 5) is 33.9. The van der Waals surface area contributed by atoms with Crippen LogP contribution >= 0.6 is 11.8 Å². The maximum absolute atomic E-state index is 11.7. The molecule has 0 bridgehead atoms. The van der Waals surface area contributed by atoms with Crippen molar-refractivity contribution in [2.24, 2.45) is 0 Å². The van der Waals surface area contributed by atoms with Crippen LogP contribution in [0.3, 0.4) is 0 Å². The van der Waals surface area contributed by atoms with E-state index in [-0.39, 0.29) is 27.6 Å². The van der Waals surface area contributed by atoms with Crippen molar-refractivity contribution >= 4 is 28.3 Å². The van der Waals surface area contributed by atoms with Gasteiger partial charge in [-0.1, -0.05) is 53.9 Å². The fourth-order valence-corrected chi connectivity index (χ4v) is 3.34. The van der Waals surface area contributed by atoms with Crippen LogP contribution in [0.15, 0.2) is 71.6 Å². The number of nitro benzene ring substituents is 2. The van der Waals surface area contributed by atoms with Crippen molar-refractivity contribution in [2.45, 2.75) is 11.8 Å². The zero-order valence-corrected chi connectivity index (χ0v) is 16.5. The zero-order valence-electron chi connectivity index (χ0n) is 15.7. The average Bonchev–Trinajstić information content (AvgIpc) is 2.72. The minimum atomic E-state index is -0.609. The molecule has 0 spiro atoms. The van der Waals surface area contributed by atoms with E-state index in [1.54, 1.807) is 48.5 Å². The Balaban J connectivity index is 2.12. The summed E-state index contributed by atoms with van der Waals surface area (Å²) < 4.78 is 0. The number of hydrogen-bond donors (Lipinski definition) is 0. The van der Waals surface area contributed by atoms with Crippen LogP contribution in [-0.4, -0.2) is 15.0 Å². The first-order valence-corrected chi connectivity index (χ1v) is 9.49. The van der Waals surface area contributed by atoms with E-state index in [4.69, 9.17) is 0 Å². The second-order valence-electron chi connectivity index (χ2n) is 6.13. The van der Waals surface area contributed by atoms with E-state index in [1.165, 1.54) is 13.0 Å². The lowest BCUT2D eigenvalue weighted by Crippen LogP contribution is -1.98. The molecule has 0 atom stereocenters. The Kier molecular flexibility index (Phi) is 6.25. The summed E-state index contributed by atoms with van der Waals surface area (Å²) >= 11 is 1.03. The van der Waals surface area contributed by atoms with E-state index in [0.717, 1.165) is 17.8 Å². The van der Waals surface area contributed by atoms with Gasteiger partial charge in [-0.3, -0.25) is 25.0 Å². The smallest absolute Gasteiger partial charge is 0.286 e. The zero-order chi connectivity index (χ0) is 21.7. The lowest BCUT2D eigenvalue weighted by Gasteiger charge is -2.06. The molecule has 0 aliphatic heterocycles. The Morgan fingerprint density at radius 3 is 2.07 bits per heavy atom. The summed E-state index contributed by atoms with van der Waals surface area (Å²) in [7, 11) is 0. The fraction of sp³-hybridized carbons (Fsp3) is 0.0455. The van der Waals surface area contributed by atoms with Crippen LogP contribution in [0.25, 0.3) is 11.1 Å². The lowest BCUT2D eigenvalue weighted by atomic mass is 10.00. The van der Waals surface area contributed by atoms with Crippen molar-refractivity contribution in [3.8, 4) is 23.0 Å². The average molecular weight is 418 g/mol. The third-order valence-corrected chi connectivity index (χ3v) is 4.84. The molecule has 0 aliphatic carbocycles. The van der Waals surface area contributed by atoms with E-state index in [9.17, 15) is 25.0 Å². The number of benzene rings is 3. The second-order valence-corrected chi connectivity index (χ2v) is 7.39. The Hall–Kier alpha value is -3.96. The highest BCUT2D eigenvalue weighted by molar-refractivity contribution is 8.13. The Labute approximate surface area is 176 Å².